The molecular weight excluding hydrogens is 212 g/mol. The van der Waals surface area contributed by atoms with Crippen LogP contribution in [0.4, 0.5) is 0 Å². The van der Waals surface area contributed by atoms with Crippen molar-refractivity contribution in [3.63, 3.8) is 0 Å². The van der Waals surface area contributed by atoms with E-state index in [9.17, 15) is 0 Å². The monoisotopic (exact) mass is 236 g/mol. The summed E-state index contributed by atoms with van der Waals surface area (Å²) >= 11 is 0. The standard InChI is InChI=1S/C14H24N2O/c1-12(9-10-16(2)3)15-11-13-5-7-14(17-4)8-6-13/h5-8,12,15H,9-11H2,1-4H3. The number of benzene rings is 1. The summed E-state index contributed by atoms with van der Waals surface area (Å²) in [4.78, 5) is 2.21. The van der Waals surface area contributed by atoms with E-state index >= 15 is 0 Å². The summed E-state index contributed by atoms with van der Waals surface area (Å²) in [5.41, 5.74) is 1.29. The van der Waals surface area contributed by atoms with Gasteiger partial charge in [0.25, 0.3) is 0 Å². The van der Waals surface area contributed by atoms with Gasteiger partial charge in [0, 0.05) is 12.6 Å². The van der Waals surface area contributed by atoms with E-state index in [2.05, 4.69) is 43.4 Å². The van der Waals surface area contributed by atoms with Gasteiger partial charge in [-0.1, -0.05) is 12.1 Å². The fourth-order valence-corrected chi connectivity index (χ4v) is 1.59. The van der Waals surface area contributed by atoms with Crippen LogP contribution in [0.15, 0.2) is 24.3 Å². The average Bonchev–Trinajstić information content (AvgIpc) is 2.34. The van der Waals surface area contributed by atoms with Gasteiger partial charge in [0.05, 0.1) is 7.11 Å². The van der Waals surface area contributed by atoms with Crippen molar-refractivity contribution in [2.75, 3.05) is 27.7 Å². The van der Waals surface area contributed by atoms with Crippen molar-refractivity contribution in [1.29, 1.82) is 0 Å². The highest BCUT2D eigenvalue weighted by Crippen LogP contribution is 2.11. The van der Waals surface area contributed by atoms with Crippen LogP contribution in [-0.2, 0) is 6.54 Å². The lowest BCUT2D eigenvalue weighted by atomic mass is 10.2. The molecule has 0 spiro atoms. The number of methoxy groups -OCH3 is 1. The molecule has 3 heteroatoms. The smallest absolute Gasteiger partial charge is 0.118 e. The molecule has 0 bridgehead atoms. The van der Waals surface area contributed by atoms with Crippen LogP contribution in [-0.4, -0.2) is 38.7 Å². The number of nitrogens with zero attached hydrogens (tertiary/aromatic N) is 1. The van der Waals surface area contributed by atoms with Gasteiger partial charge >= 0.3 is 0 Å². The Bertz CT molecular complexity index is 309. The molecule has 0 aliphatic heterocycles. The first-order chi connectivity index (χ1) is 8.11. The maximum absolute atomic E-state index is 5.13. The van der Waals surface area contributed by atoms with Gasteiger partial charge in [-0.15, -0.1) is 0 Å². The Morgan fingerprint density at radius 1 is 1.24 bits per heavy atom. The summed E-state index contributed by atoms with van der Waals surface area (Å²) in [5.74, 6) is 0.911. The van der Waals surface area contributed by atoms with Gasteiger partial charge in [0.15, 0.2) is 0 Å². The Labute approximate surface area is 105 Å². The lowest BCUT2D eigenvalue weighted by Gasteiger charge is -2.16. The molecule has 0 saturated heterocycles. The third-order valence-corrected chi connectivity index (χ3v) is 2.82. The topological polar surface area (TPSA) is 24.5 Å². The molecule has 17 heavy (non-hydrogen) atoms. The number of ether oxygens (including phenoxy) is 1. The minimum absolute atomic E-state index is 0.541. The molecule has 1 aromatic rings. The average molecular weight is 236 g/mol. The van der Waals surface area contributed by atoms with Gasteiger partial charge in [0.2, 0.25) is 0 Å². The van der Waals surface area contributed by atoms with E-state index in [0.717, 1.165) is 18.8 Å². The number of hydrogen-bond donors (Lipinski definition) is 1. The van der Waals surface area contributed by atoms with Gasteiger partial charge in [0.1, 0.15) is 5.75 Å². The molecule has 3 nitrogen and oxygen atoms in total. The Balaban J connectivity index is 2.29. The van der Waals surface area contributed by atoms with E-state index in [0.29, 0.717) is 6.04 Å². The zero-order valence-corrected chi connectivity index (χ0v) is 11.4. The number of hydrogen-bond acceptors (Lipinski definition) is 3. The van der Waals surface area contributed by atoms with Crippen LogP contribution in [0.1, 0.15) is 18.9 Å². The lowest BCUT2D eigenvalue weighted by molar-refractivity contribution is 0.365. The third-order valence-electron chi connectivity index (χ3n) is 2.82. The number of nitrogens with one attached hydrogen (secondary N) is 1. The molecular formula is C14H24N2O. The summed E-state index contributed by atoms with van der Waals surface area (Å²) in [6, 6.07) is 8.75. The fraction of sp³-hybridized carbons (Fsp3) is 0.571. The molecule has 1 N–H and O–H groups in total. The van der Waals surface area contributed by atoms with Crippen LogP contribution in [0.3, 0.4) is 0 Å². The Morgan fingerprint density at radius 3 is 2.41 bits per heavy atom. The first-order valence-electron chi connectivity index (χ1n) is 6.13. The Hall–Kier alpha value is -1.06. The molecule has 0 amide bonds. The summed E-state index contributed by atoms with van der Waals surface area (Å²) in [6.45, 7) is 4.27. The van der Waals surface area contributed by atoms with E-state index < -0.39 is 0 Å². The van der Waals surface area contributed by atoms with E-state index in [4.69, 9.17) is 4.74 Å². The Kier molecular flexibility index (Phi) is 6.01. The van der Waals surface area contributed by atoms with Crippen molar-refractivity contribution in [3.05, 3.63) is 29.8 Å². The van der Waals surface area contributed by atoms with Crippen LogP contribution in [0.2, 0.25) is 0 Å². The minimum atomic E-state index is 0.541. The quantitative estimate of drug-likeness (QED) is 0.785. The number of rotatable bonds is 7. The molecule has 0 aliphatic carbocycles. The van der Waals surface area contributed by atoms with E-state index in [1.54, 1.807) is 7.11 Å². The van der Waals surface area contributed by atoms with Crippen molar-refractivity contribution in [2.45, 2.75) is 25.9 Å². The Morgan fingerprint density at radius 2 is 1.88 bits per heavy atom. The zero-order valence-electron chi connectivity index (χ0n) is 11.4. The molecule has 0 aromatic heterocycles. The van der Waals surface area contributed by atoms with Crippen LogP contribution in [0.5, 0.6) is 5.75 Å². The second kappa shape index (κ2) is 7.30. The van der Waals surface area contributed by atoms with Crippen molar-refractivity contribution in [2.24, 2.45) is 0 Å². The highest BCUT2D eigenvalue weighted by atomic mass is 16.5. The van der Waals surface area contributed by atoms with Crippen LogP contribution < -0.4 is 10.1 Å². The molecule has 1 aromatic carbocycles. The van der Waals surface area contributed by atoms with Crippen LogP contribution in [0, 0.1) is 0 Å². The summed E-state index contributed by atoms with van der Waals surface area (Å²) in [7, 11) is 5.91. The molecule has 0 saturated carbocycles. The van der Waals surface area contributed by atoms with Crippen molar-refractivity contribution < 1.29 is 4.74 Å². The fourth-order valence-electron chi connectivity index (χ4n) is 1.59. The maximum atomic E-state index is 5.13. The SMILES string of the molecule is COc1ccc(CNC(C)CCN(C)C)cc1. The first-order valence-corrected chi connectivity index (χ1v) is 6.13. The van der Waals surface area contributed by atoms with Gasteiger partial charge in [-0.2, -0.15) is 0 Å². The molecule has 0 heterocycles. The van der Waals surface area contributed by atoms with E-state index in [1.807, 2.05) is 12.1 Å². The highest BCUT2D eigenvalue weighted by Gasteiger charge is 2.02. The van der Waals surface area contributed by atoms with Gasteiger partial charge in [-0.25, -0.2) is 0 Å². The molecule has 0 radical (unpaired) electrons. The highest BCUT2D eigenvalue weighted by molar-refractivity contribution is 5.26. The van der Waals surface area contributed by atoms with Gasteiger partial charge < -0.3 is 15.0 Å². The molecule has 1 rings (SSSR count). The molecule has 1 unspecified atom stereocenters. The summed E-state index contributed by atoms with van der Waals surface area (Å²) in [5, 5.41) is 3.52. The van der Waals surface area contributed by atoms with Crippen molar-refractivity contribution >= 4 is 0 Å². The summed E-state index contributed by atoms with van der Waals surface area (Å²) < 4.78 is 5.13. The molecule has 96 valence electrons. The van der Waals surface area contributed by atoms with Crippen LogP contribution >= 0.6 is 0 Å². The minimum Gasteiger partial charge on any atom is -0.497 e. The predicted octanol–water partition coefficient (Wildman–Crippen LogP) is 2.12. The second-order valence-electron chi connectivity index (χ2n) is 4.72. The molecule has 0 aliphatic rings. The van der Waals surface area contributed by atoms with Gasteiger partial charge in [-0.3, -0.25) is 0 Å². The van der Waals surface area contributed by atoms with Crippen LogP contribution in [0.25, 0.3) is 0 Å². The normalized spacial score (nSPS) is 12.8. The molecule has 1 atom stereocenters. The van der Waals surface area contributed by atoms with E-state index in [1.165, 1.54) is 12.0 Å². The first kappa shape index (κ1) is 14.0. The zero-order chi connectivity index (χ0) is 12.7. The summed E-state index contributed by atoms with van der Waals surface area (Å²) in [6.07, 6.45) is 1.17. The molecule has 0 fully saturated rings. The van der Waals surface area contributed by atoms with Crippen molar-refractivity contribution in [1.82, 2.24) is 10.2 Å². The third kappa shape index (κ3) is 5.71. The van der Waals surface area contributed by atoms with Gasteiger partial charge in [-0.05, 0) is 51.7 Å². The van der Waals surface area contributed by atoms with E-state index in [-0.39, 0.29) is 0 Å². The van der Waals surface area contributed by atoms with Crippen molar-refractivity contribution in [3.8, 4) is 5.75 Å². The largest absolute Gasteiger partial charge is 0.497 e. The predicted molar refractivity (Wildman–Crippen MR) is 72.5 cm³/mol. The lowest BCUT2D eigenvalue weighted by Crippen LogP contribution is -2.29. The maximum Gasteiger partial charge on any atom is 0.118 e. The second-order valence-corrected chi connectivity index (χ2v) is 4.72.